The number of allylic oxidation sites excluding steroid dienone is 26. The highest BCUT2D eigenvalue weighted by molar-refractivity contribution is 7.45. The molecule has 0 heterocycles. The van der Waals surface area contributed by atoms with Gasteiger partial charge in [0, 0.05) is 12.8 Å². The Hall–Kier alpha value is -4.37. The lowest BCUT2D eigenvalue weighted by atomic mass is 10.0. The molecule has 2 atom stereocenters. The maximum atomic E-state index is 12.9. The molecule has 9 nitrogen and oxygen atoms in total. The minimum atomic E-state index is -4.65. The van der Waals surface area contributed by atoms with Crippen molar-refractivity contribution in [1.82, 2.24) is 0 Å². The van der Waals surface area contributed by atoms with E-state index in [1.165, 1.54) is 205 Å². The molecule has 10 heteroatoms. The van der Waals surface area contributed by atoms with Gasteiger partial charge in [-0.2, -0.15) is 0 Å². The number of likely N-dealkylation sites (N-methyl/N-ethyl adjacent to an activating group) is 1. The van der Waals surface area contributed by atoms with Crippen LogP contribution in [0.2, 0.25) is 0 Å². The maximum Gasteiger partial charge on any atom is 0.306 e. The molecule has 0 amide bonds. The molecule has 2 unspecified atom stereocenters. The van der Waals surface area contributed by atoms with Crippen molar-refractivity contribution >= 4 is 19.8 Å². The summed E-state index contributed by atoms with van der Waals surface area (Å²) >= 11 is 0. The highest BCUT2D eigenvalue weighted by atomic mass is 31.2. The lowest BCUT2D eigenvalue weighted by molar-refractivity contribution is -0.870. The monoisotopic (exact) mass is 1440 g/mol. The first kappa shape index (κ1) is 97.6. The highest BCUT2D eigenvalue weighted by Gasteiger charge is 2.22. The number of unbranched alkanes of at least 4 members (excludes halogenated alkanes) is 37. The quantitative estimate of drug-likeness (QED) is 0.0195. The number of phosphoric acid groups is 1. The van der Waals surface area contributed by atoms with Crippen molar-refractivity contribution in [3.63, 3.8) is 0 Å². The Bertz CT molecular complexity index is 2290. The molecule has 0 aromatic heterocycles. The Kier molecular flexibility index (Phi) is 77.3. The second-order valence-electron chi connectivity index (χ2n) is 29.1. The molecule has 0 aromatic rings. The van der Waals surface area contributed by atoms with Crippen molar-refractivity contribution in [2.24, 2.45) is 0 Å². The van der Waals surface area contributed by atoms with E-state index in [1.807, 2.05) is 21.1 Å². The Labute approximate surface area is 630 Å². The van der Waals surface area contributed by atoms with Crippen molar-refractivity contribution in [3.05, 3.63) is 158 Å². The summed E-state index contributed by atoms with van der Waals surface area (Å²) in [7, 11) is 1.17. The van der Waals surface area contributed by atoms with Gasteiger partial charge in [-0.15, -0.1) is 0 Å². The first-order chi connectivity index (χ1) is 50.0. The van der Waals surface area contributed by atoms with E-state index in [1.54, 1.807) is 0 Å². The molecular formula is C92H158NO8P. The summed E-state index contributed by atoms with van der Waals surface area (Å²) in [4.78, 5) is 38.2. The summed E-state index contributed by atoms with van der Waals surface area (Å²) in [5.41, 5.74) is 0. The molecule has 0 aromatic carbocycles. The number of nitrogens with zero attached hydrogens (tertiary/aromatic N) is 1. The van der Waals surface area contributed by atoms with E-state index < -0.39 is 26.5 Å². The number of phosphoric ester groups is 1. The minimum Gasteiger partial charge on any atom is -0.756 e. The molecule has 0 N–H and O–H groups in total. The van der Waals surface area contributed by atoms with Crippen molar-refractivity contribution in [3.8, 4) is 0 Å². The lowest BCUT2D eigenvalue weighted by Gasteiger charge is -2.28. The molecule has 0 saturated heterocycles. The topological polar surface area (TPSA) is 111 Å². The molecule has 0 aliphatic carbocycles. The first-order valence-corrected chi connectivity index (χ1v) is 43.7. The number of carbonyl (C=O) groups excluding carboxylic acids is 2. The first-order valence-electron chi connectivity index (χ1n) is 42.2. The second-order valence-corrected chi connectivity index (χ2v) is 30.5. The minimum absolute atomic E-state index is 0.0340. The molecule has 0 aliphatic heterocycles. The molecule has 584 valence electrons. The summed E-state index contributed by atoms with van der Waals surface area (Å²) in [6.07, 6.45) is 121. The molecule has 0 saturated carbocycles. The number of quaternary nitrogens is 1. The predicted molar refractivity (Wildman–Crippen MR) is 443 cm³/mol. The van der Waals surface area contributed by atoms with Crippen LogP contribution in [0.5, 0.6) is 0 Å². The van der Waals surface area contributed by atoms with E-state index >= 15 is 0 Å². The van der Waals surface area contributed by atoms with Crippen LogP contribution in [-0.4, -0.2) is 70.0 Å². The average Bonchev–Trinajstić information content (AvgIpc) is 0.916. The van der Waals surface area contributed by atoms with Crippen LogP contribution in [0.1, 0.15) is 361 Å². The maximum absolute atomic E-state index is 12.9. The second kappa shape index (κ2) is 80.7. The summed E-state index contributed by atoms with van der Waals surface area (Å²) in [5.74, 6) is -0.823. The van der Waals surface area contributed by atoms with Crippen LogP contribution >= 0.6 is 7.82 Å². The fourth-order valence-corrected chi connectivity index (χ4v) is 12.4. The van der Waals surface area contributed by atoms with Gasteiger partial charge in [0.2, 0.25) is 0 Å². The predicted octanol–water partition coefficient (Wildman–Crippen LogP) is 28.0. The average molecular weight is 1440 g/mol. The number of carbonyl (C=O) groups is 2. The van der Waals surface area contributed by atoms with Gasteiger partial charge in [0.25, 0.3) is 7.82 Å². The van der Waals surface area contributed by atoms with Gasteiger partial charge in [0.15, 0.2) is 6.10 Å². The van der Waals surface area contributed by atoms with Crippen LogP contribution in [0, 0.1) is 0 Å². The van der Waals surface area contributed by atoms with Gasteiger partial charge in [0.05, 0.1) is 27.7 Å². The third-order valence-electron chi connectivity index (χ3n) is 18.0. The van der Waals surface area contributed by atoms with Gasteiger partial charge in [0.1, 0.15) is 19.8 Å². The van der Waals surface area contributed by atoms with E-state index in [0.29, 0.717) is 17.4 Å². The molecule has 0 fully saturated rings. The Morgan fingerprint density at radius 3 is 0.784 bits per heavy atom. The number of esters is 2. The normalized spacial score (nSPS) is 13.8. The standard InChI is InChI=1S/C92H158NO8P/c1-6-8-10-12-14-16-18-20-22-24-26-28-30-32-34-36-38-40-42-44-45-46-47-49-51-53-55-57-59-61-63-65-67-69-71-73-75-77-79-81-83-85-92(95)101-90(89-100-102(96,97)99-87-86-93(3,4)5)88-98-91(94)84-82-80-78-76-74-72-70-68-66-64-62-60-58-56-54-52-50-48-43-41-39-37-35-33-31-29-27-25-23-21-19-17-15-13-11-9-7-2/h8-11,14-17,20-23,26-29,32-35,38,40,44-45,47,49,90H,6-7,12-13,18-19,24-25,30-31,36-37,39,41-43,46,48,50-89H2,1-5H3/b10-8-,11-9-,16-14-,17-15-,22-20-,23-21-,28-26-,29-27-,34-32-,35-33-,40-38-,45-44-,49-47-. The summed E-state index contributed by atoms with van der Waals surface area (Å²) < 4.78 is 34.5. The van der Waals surface area contributed by atoms with Crippen LogP contribution in [-0.2, 0) is 32.7 Å². The van der Waals surface area contributed by atoms with Crippen LogP contribution in [0.15, 0.2) is 158 Å². The SMILES string of the molecule is CC/C=C\C/C=C\C/C=C\C/C=C\C/C=C\C/C=C\C/C=C\C/C=C\CCCCCCCCCCCCCCCCCCC(=O)OC(COC(=O)CCCCCCCCCCCCCCCCCCCCCCC/C=C\C/C=C\C/C=C\C/C=C\C/C=C\CC)COP(=O)([O-])OCC[N+](C)(C)C. The molecular weight excluding hydrogens is 1280 g/mol. The van der Waals surface area contributed by atoms with Crippen molar-refractivity contribution in [2.45, 2.75) is 367 Å². The number of ether oxygens (including phenoxy) is 2. The van der Waals surface area contributed by atoms with Crippen LogP contribution in [0.3, 0.4) is 0 Å². The lowest BCUT2D eigenvalue weighted by Crippen LogP contribution is -2.37. The fourth-order valence-electron chi connectivity index (χ4n) is 11.7. The number of hydrogen-bond donors (Lipinski definition) is 0. The van der Waals surface area contributed by atoms with Gasteiger partial charge in [-0.25, -0.2) is 0 Å². The van der Waals surface area contributed by atoms with Gasteiger partial charge >= 0.3 is 11.9 Å². The third-order valence-corrected chi connectivity index (χ3v) is 19.0. The third kappa shape index (κ3) is 84.6. The number of hydrogen-bond acceptors (Lipinski definition) is 8. The van der Waals surface area contributed by atoms with Gasteiger partial charge in [-0.1, -0.05) is 384 Å². The summed E-state index contributed by atoms with van der Waals surface area (Å²) in [6.45, 7) is 4.04. The zero-order valence-electron chi connectivity index (χ0n) is 66.8. The zero-order chi connectivity index (χ0) is 74.0. The molecule has 0 spiro atoms. The molecule has 102 heavy (non-hydrogen) atoms. The summed E-state index contributed by atoms with van der Waals surface area (Å²) in [6, 6.07) is 0. The molecule has 0 aliphatic rings. The van der Waals surface area contributed by atoms with Crippen molar-refractivity contribution in [1.29, 1.82) is 0 Å². The zero-order valence-corrected chi connectivity index (χ0v) is 67.7. The van der Waals surface area contributed by atoms with Crippen molar-refractivity contribution < 1.29 is 42.1 Å². The Morgan fingerprint density at radius 1 is 0.304 bits per heavy atom. The molecule has 0 rings (SSSR count). The van der Waals surface area contributed by atoms with E-state index in [4.69, 9.17) is 18.5 Å². The largest absolute Gasteiger partial charge is 0.756 e. The van der Waals surface area contributed by atoms with Gasteiger partial charge < -0.3 is 27.9 Å². The van der Waals surface area contributed by atoms with E-state index in [-0.39, 0.29) is 32.0 Å². The van der Waals surface area contributed by atoms with E-state index in [9.17, 15) is 19.0 Å². The highest BCUT2D eigenvalue weighted by Crippen LogP contribution is 2.38. The van der Waals surface area contributed by atoms with Crippen molar-refractivity contribution in [2.75, 3.05) is 47.5 Å². The fraction of sp³-hybridized carbons (Fsp3) is 0.696. The van der Waals surface area contributed by atoms with Gasteiger partial charge in [-0.05, 0) is 122 Å². The van der Waals surface area contributed by atoms with Crippen LogP contribution < -0.4 is 4.89 Å². The van der Waals surface area contributed by atoms with E-state index in [2.05, 4.69) is 172 Å². The Balaban J connectivity index is 3.95. The molecule has 0 bridgehead atoms. The van der Waals surface area contributed by atoms with E-state index in [0.717, 1.165) is 122 Å². The van der Waals surface area contributed by atoms with Crippen LogP contribution in [0.25, 0.3) is 0 Å². The molecule has 0 radical (unpaired) electrons. The van der Waals surface area contributed by atoms with Gasteiger partial charge in [-0.3, -0.25) is 14.2 Å². The smallest absolute Gasteiger partial charge is 0.306 e. The van der Waals surface area contributed by atoms with Crippen LogP contribution in [0.4, 0.5) is 0 Å². The number of rotatable bonds is 77. The summed E-state index contributed by atoms with van der Waals surface area (Å²) in [5, 5.41) is 0. The Morgan fingerprint density at radius 2 is 0.529 bits per heavy atom.